The summed E-state index contributed by atoms with van der Waals surface area (Å²) in [5.74, 6) is 1.34. The first-order valence-corrected chi connectivity index (χ1v) is 8.25. The quantitative estimate of drug-likeness (QED) is 0.367. The molecule has 6 heteroatoms. The summed E-state index contributed by atoms with van der Waals surface area (Å²) in [6, 6.07) is 10.3. The number of carbonyl (C=O) groups is 1. The highest BCUT2D eigenvalue weighted by Crippen LogP contribution is 1.98. The molecular formula is C18H31IN4O. The summed E-state index contributed by atoms with van der Waals surface area (Å²) < 4.78 is 0. The van der Waals surface area contributed by atoms with E-state index < -0.39 is 0 Å². The minimum Gasteiger partial charge on any atom is -0.356 e. The molecule has 1 aromatic rings. The van der Waals surface area contributed by atoms with Crippen LogP contribution in [0.1, 0.15) is 25.8 Å². The average molecular weight is 446 g/mol. The molecule has 0 unspecified atom stereocenters. The van der Waals surface area contributed by atoms with Crippen molar-refractivity contribution in [3.8, 4) is 0 Å². The van der Waals surface area contributed by atoms with Crippen LogP contribution in [0.4, 0.5) is 0 Å². The molecule has 24 heavy (non-hydrogen) atoms. The van der Waals surface area contributed by atoms with E-state index in [1.807, 2.05) is 18.2 Å². The normalized spacial score (nSPS) is 11.0. The highest BCUT2D eigenvalue weighted by Gasteiger charge is 2.05. The molecule has 5 nitrogen and oxygen atoms in total. The summed E-state index contributed by atoms with van der Waals surface area (Å²) in [7, 11) is 3.49. The molecule has 1 amide bonds. The van der Waals surface area contributed by atoms with Crippen molar-refractivity contribution < 1.29 is 4.79 Å². The molecule has 1 aromatic carbocycles. The Morgan fingerprint density at radius 1 is 1.12 bits per heavy atom. The Labute approximate surface area is 163 Å². The monoisotopic (exact) mass is 446 g/mol. The van der Waals surface area contributed by atoms with E-state index >= 15 is 0 Å². The number of hydrogen-bond acceptors (Lipinski definition) is 2. The van der Waals surface area contributed by atoms with Crippen LogP contribution in [0.5, 0.6) is 0 Å². The van der Waals surface area contributed by atoms with Crippen LogP contribution >= 0.6 is 24.0 Å². The molecule has 0 fully saturated rings. The van der Waals surface area contributed by atoms with E-state index in [2.05, 4.69) is 41.6 Å². The van der Waals surface area contributed by atoms with Crippen LogP contribution in [0.15, 0.2) is 35.3 Å². The van der Waals surface area contributed by atoms with Gasteiger partial charge in [0.2, 0.25) is 5.91 Å². The molecule has 0 atom stereocenters. The number of halogens is 1. The molecular weight excluding hydrogens is 415 g/mol. The Morgan fingerprint density at radius 2 is 1.75 bits per heavy atom. The van der Waals surface area contributed by atoms with Gasteiger partial charge in [-0.15, -0.1) is 24.0 Å². The van der Waals surface area contributed by atoms with Crippen molar-refractivity contribution in [1.82, 2.24) is 15.5 Å². The van der Waals surface area contributed by atoms with Crippen LogP contribution < -0.4 is 10.6 Å². The van der Waals surface area contributed by atoms with Crippen LogP contribution in [-0.2, 0) is 11.2 Å². The SMILES string of the molecule is CC(C)CCNC(=NCC(=O)N(C)C)NCCc1ccccc1.I. The summed E-state index contributed by atoms with van der Waals surface area (Å²) in [5, 5.41) is 6.60. The van der Waals surface area contributed by atoms with Crippen LogP contribution in [0.25, 0.3) is 0 Å². The number of rotatable bonds is 8. The highest BCUT2D eigenvalue weighted by molar-refractivity contribution is 14.0. The largest absolute Gasteiger partial charge is 0.356 e. The predicted molar refractivity (Wildman–Crippen MR) is 112 cm³/mol. The summed E-state index contributed by atoms with van der Waals surface area (Å²) in [4.78, 5) is 17.6. The van der Waals surface area contributed by atoms with Gasteiger partial charge < -0.3 is 15.5 Å². The smallest absolute Gasteiger partial charge is 0.243 e. The zero-order valence-corrected chi connectivity index (χ0v) is 17.5. The Morgan fingerprint density at radius 3 is 2.33 bits per heavy atom. The van der Waals surface area contributed by atoms with E-state index in [4.69, 9.17) is 0 Å². The van der Waals surface area contributed by atoms with E-state index in [1.54, 1.807) is 19.0 Å². The molecule has 0 aliphatic heterocycles. The van der Waals surface area contributed by atoms with Gasteiger partial charge in [-0.1, -0.05) is 44.2 Å². The summed E-state index contributed by atoms with van der Waals surface area (Å²) >= 11 is 0. The number of nitrogens with zero attached hydrogens (tertiary/aromatic N) is 2. The maximum Gasteiger partial charge on any atom is 0.243 e. The Hall–Kier alpha value is -1.31. The first-order valence-electron chi connectivity index (χ1n) is 8.25. The topological polar surface area (TPSA) is 56.7 Å². The molecule has 0 aliphatic rings. The maximum absolute atomic E-state index is 11.7. The number of benzene rings is 1. The lowest BCUT2D eigenvalue weighted by Crippen LogP contribution is -2.40. The Kier molecular flexibility index (Phi) is 12.3. The Balaban J connectivity index is 0.00000529. The predicted octanol–water partition coefficient (Wildman–Crippen LogP) is 2.52. The fourth-order valence-electron chi connectivity index (χ4n) is 1.91. The van der Waals surface area contributed by atoms with Crippen LogP contribution in [0.2, 0.25) is 0 Å². The van der Waals surface area contributed by atoms with Crippen molar-refractivity contribution in [3.05, 3.63) is 35.9 Å². The van der Waals surface area contributed by atoms with Gasteiger partial charge in [-0.3, -0.25) is 4.79 Å². The van der Waals surface area contributed by atoms with E-state index in [0.717, 1.165) is 25.9 Å². The molecule has 136 valence electrons. The van der Waals surface area contributed by atoms with Gasteiger partial charge >= 0.3 is 0 Å². The van der Waals surface area contributed by atoms with Gasteiger partial charge in [0, 0.05) is 27.2 Å². The third-order valence-electron chi connectivity index (χ3n) is 3.43. The van der Waals surface area contributed by atoms with E-state index in [9.17, 15) is 4.79 Å². The summed E-state index contributed by atoms with van der Waals surface area (Å²) in [6.45, 7) is 6.18. The summed E-state index contributed by atoms with van der Waals surface area (Å²) in [6.07, 6.45) is 1.99. The van der Waals surface area contributed by atoms with Crippen molar-refractivity contribution in [2.24, 2.45) is 10.9 Å². The Bertz CT molecular complexity index is 489. The van der Waals surface area contributed by atoms with Gasteiger partial charge in [-0.05, 0) is 24.3 Å². The highest BCUT2D eigenvalue weighted by atomic mass is 127. The number of likely N-dealkylation sites (N-methyl/N-ethyl adjacent to an activating group) is 1. The number of guanidine groups is 1. The third-order valence-corrected chi connectivity index (χ3v) is 3.43. The lowest BCUT2D eigenvalue weighted by atomic mass is 10.1. The van der Waals surface area contributed by atoms with Crippen molar-refractivity contribution >= 4 is 35.8 Å². The van der Waals surface area contributed by atoms with Gasteiger partial charge in [0.15, 0.2) is 5.96 Å². The molecule has 0 heterocycles. The lowest BCUT2D eigenvalue weighted by Gasteiger charge is -2.14. The zero-order chi connectivity index (χ0) is 17.1. The zero-order valence-electron chi connectivity index (χ0n) is 15.2. The second kappa shape index (κ2) is 13.0. The maximum atomic E-state index is 11.7. The number of hydrogen-bond donors (Lipinski definition) is 2. The molecule has 0 radical (unpaired) electrons. The van der Waals surface area contributed by atoms with Crippen LogP contribution in [-0.4, -0.2) is 50.5 Å². The van der Waals surface area contributed by atoms with Crippen molar-refractivity contribution in [1.29, 1.82) is 0 Å². The molecule has 1 rings (SSSR count). The van der Waals surface area contributed by atoms with Gasteiger partial charge in [0.1, 0.15) is 6.54 Å². The van der Waals surface area contributed by atoms with Crippen molar-refractivity contribution in [2.75, 3.05) is 33.7 Å². The fraction of sp³-hybridized carbons (Fsp3) is 0.556. The third kappa shape index (κ3) is 10.5. The fourth-order valence-corrected chi connectivity index (χ4v) is 1.91. The van der Waals surface area contributed by atoms with Crippen LogP contribution in [0.3, 0.4) is 0 Å². The molecule has 0 aliphatic carbocycles. The molecule has 0 aromatic heterocycles. The minimum absolute atomic E-state index is 0. The second-order valence-electron chi connectivity index (χ2n) is 6.22. The van der Waals surface area contributed by atoms with E-state index in [-0.39, 0.29) is 36.4 Å². The van der Waals surface area contributed by atoms with E-state index in [1.165, 1.54) is 5.56 Å². The first kappa shape index (κ1) is 22.7. The number of nitrogens with one attached hydrogen (secondary N) is 2. The lowest BCUT2D eigenvalue weighted by molar-refractivity contribution is -0.127. The molecule has 0 spiro atoms. The molecule has 2 N–H and O–H groups in total. The van der Waals surface area contributed by atoms with Gasteiger partial charge in [-0.2, -0.15) is 0 Å². The van der Waals surface area contributed by atoms with Gasteiger partial charge in [0.25, 0.3) is 0 Å². The number of carbonyl (C=O) groups excluding carboxylic acids is 1. The van der Waals surface area contributed by atoms with Gasteiger partial charge in [0.05, 0.1) is 0 Å². The molecule has 0 saturated carbocycles. The standard InChI is InChI=1S/C18H30N4O.HI/c1-15(2)10-12-19-18(21-14-17(23)22(3)4)20-13-11-16-8-6-5-7-9-16;/h5-9,15H,10-14H2,1-4H3,(H2,19,20,21);1H. The first-order chi connectivity index (χ1) is 11.0. The van der Waals surface area contributed by atoms with Gasteiger partial charge in [-0.25, -0.2) is 4.99 Å². The van der Waals surface area contributed by atoms with E-state index in [0.29, 0.717) is 11.9 Å². The molecule has 0 saturated heterocycles. The summed E-state index contributed by atoms with van der Waals surface area (Å²) in [5.41, 5.74) is 1.28. The minimum atomic E-state index is -0.00183. The average Bonchev–Trinajstić information content (AvgIpc) is 2.52. The van der Waals surface area contributed by atoms with Crippen LogP contribution in [0, 0.1) is 5.92 Å². The van der Waals surface area contributed by atoms with Crippen molar-refractivity contribution in [3.63, 3.8) is 0 Å². The molecule has 0 bridgehead atoms. The van der Waals surface area contributed by atoms with Crippen molar-refractivity contribution in [2.45, 2.75) is 26.7 Å². The number of amides is 1. The number of aliphatic imine (C=N–C) groups is 1. The second-order valence-corrected chi connectivity index (χ2v) is 6.22.